The zero-order valence-electron chi connectivity index (χ0n) is 10.8. The number of nitrogens with zero attached hydrogens (tertiary/aromatic N) is 3. The standard InChI is InChI=1S/C15H15N3S/c1-11-10-19-7-6-18(11)15-12(8-16)9-17-14-5-3-2-4-13(14)15/h2-5,9,11H,6-7,10H2,1H3. The number of hydrogen-bond acceptors (Lipinski definition) is 4. The first kappa shape index (κ1) is 12.3. The SMILES string of the molecule is CC1CSCCN1c1c(C#N)cnc2ccccc12. The maximum absolute atomic E-state index is 9.37. The first-order valence-corrected chi connectivity index (χ1v) is 7.59. The predicted octanol–water partition coefficient (Wildman–Crippen LogP) is 3.05. The van der Waals surface area contributed by atoms with Gasteiger partial charge in [0.1, 0.15) is 6.07 Å². The molecule has 1 unspecified atom stereocenters. The normalized spacial score (nSPS) is 19.4. The van der Waals surface area contributed by atoms with Crippen LogP contribution in [0.15, 0.2) is 30.5 Å². The molecule has 0 amide bonds. The van der Waals surface area contributed by atoms with E-state index in [0.717, 1.165) is 34.6 Å². The van der Waals surface area contributed by atoms with Crippen LogP contribution in [0.5, 0.6) is 0 Å². The number of pyridine rings is 1. The summed E-state index contributed by atoms with van der Waals surface area (Å²) >= 11 is 1.98. The van der Waals surface area contributed by atoms with Gasteiger partial charge >= 0.3 is 0 Å². The number of benzene rings is 1. The molecular weight excluding hydrogens is 254 g/mol. The minimum Gasteiger partial charge on any atom is -0.366 e. The Morgan fingerprint density at radius 1 is 1.42 bits per heavy atom. The summed E-state index contributed by atoms with van der Waals surface area (Å²) in [6.07, 6.45) is 1.70. The molecule has 0 radical (unpaired) electrons. The Balaban J connectivity index is 2.22. The van der Waals surface area contributed by atoms with Gasteiger partial charge in [0, 0.05) is 35.7 Å². The molecule has 1 saturated heterocycles. The summed E-state index contributed by atoms with van der Waals surface area (Å²) in [5.74, 6) is 2.23. The fraction of sp³-hybridized carbons (Fsp3) is 0.333. The minimum atomic E-state index is 0.455. The topological polar surface area (TPSA) is 39.9 Å². The first-order chi connectivity index (χ1) is 9.31. The Hall–Kier alpha value is -1.73. The summed E-state index contributed by atoms with van der Waals surface area (Å²) in [4.78, 5) is 6.74. The maximum Gasteiger partial charge on any atom is 0.103 e. The van der Waals surface area contributed by atoms with E-state index in [1.165, 1.54) is 0 Å². The highest BCUT2D eigenvalue weighted by Crippen LogP contribution is 2.32. The highest BCUT2D eigenvalue weighted by Gasteiger charge is 2.23. The van der Waals surface area contributed by atoms with E-state index in [1.807, 2.05) is 30.0 Å². The maximum atomic E-state index is 9.37. The number of thioether (sulfide) groups is 1. The third-order valence-electron chi connectivity index (χ3n) is 3.52. The van der Waals surface area contributed by atoms with Gasteiger partial charge in [0.25, 0.3) is 0 Å². The van der Waals surface area contributed by atoms with Crippen LogP contribution in [0.4, 0.5) is 5.69 Å². The lowest BCUT2D eigenvalue weighted by Crippen LogP contribution is -2.41. The number of aromatic nitrogens is 1. The molecule has 2 heterocycles. The summed E-state index contributed by atoms with van der Waals surface area (Å²) < 4.78 is 0. The lowest BCUT2D eigenvalue weighted by molar-refractivity contribution is 0.701. The van der Waals surface area contributed by atoms with Crippen molar-refractivity contribution in [3.8, 4) is 6.07 Å². The van der Waals surface area contributed by atoms with Gasteiger partial charge in [-0.3, -0.25) is 4.98 Å². The molecule has 0 N–H and O–H groups in total. The van der Waals surface area contributed by atoms with Crippen molar-refractivity contribution in [1.29, 1.82) is 5.26 Å². The Labute approximate surface area is 117 Å². The Bertz CT molecular complexity index is 647. The van der Waals surface area contributed by atoms with E-state index >= 15 is 0 Å². The summed E-state index contributed by atoms with van der Waals surface area (Å²) in [7, 11) is 0. The summed E-state index contributed by atoms with van der Waals surface area (Å²) in [5, 5.41) is 10.5. The fourth-order valence-electron chi connectivity index (χ4n) is 2.58. The summed E-state index contributed by atoms with van der Waals surface area (Å²) in [5.41, 5.74) is 2.69. The van der Waals surface area contributed by atoms with Gasteiger partial charge in [-0.1, -0.05) is 18.2 Å². The number of hydrogen-bond donors (Lipinski definition) is 0. The Kier molecular flexibility index (Phi) is 3.31. The van der Waals surface area contributed by atoms with Crippen molar-refractivity contribution in [3.05, 3.63) is 36.0 Å². The van der Waals surface area contributed by atoms with Crippen LogP contribution in [0.2, 0.25) is 0 Å². The molecule has 1 fully saturated rings. The van der Waals surface area contributed by atoms with Gasteiger partial charge in [0.05, 0.1) is 16.8 Å². The number of fused-ring (bicyclic) bond motifs is 1. The van der Waals surface area contributed by atoms with E-state index in [2.05, 4.69) is 28.9 Å². The van der Waals surface area contributed by atoms with Crippen molar-refractivity contribution in [1.82, 2.24) is 4.98 Å². The molecule has 19 heavy (non-hydrogen) atoms. The fourth-order valence-corrected chi connectivity index (χ4v) is 3.59. The lowest BCUT2D eigenvalue weighted by Gasteiger charge is -2.36. The molecule has 2 aromatic rings. The van der Waals surface area contributed by atoms with E-state index in [1.54, 1.807) is 6.20 Å². The van der Waals surface area contributed by atoms with Gasteiger partial charge in [-0.25, -0.2) is 0 Å². The molecule has 1 aliphatic rings. The molecule has 4 heteroatoms. The molecule has 0 bridgehead atoms. The first-order valence-electron chi connectivity index (χ1n) is 6.43. The molecule has 0 aliphatic carbocycles. The molecular formula is C15H15N3S. The van der Waals surface area contributed by atoms with Gasteiger partial charge in [-0.15, -0.1) is 0 Å². The third kappa shape index (κ3) is 2.15. The monoisotopic (exact) mass is 269 g/mol. The van der Waals surface area contributed by atoms with Crippen LogP contribution >= 0.6 is 11.8 Å². The van der Waals surface area contributed by atoms with Crippen molar-refractivity contribution in [3.63, 3.8) is 0 Å². The van der Waals surface area contributed by atoms with E-state index < -0.39 is 0 Å². The molecule has 3 nitrogen and oxygen atoms in total. The lowest BCUT2D eigenvalue weighted by atomic mass is 10.1. The van der Waals surface area contributed by atoms with Crippen LogP contribution in [0.1, 0.15) is 12.5 Å². The molecule has 1 aliphatic heterocycles. The van der Waals surface area contributed by atoms with E-state index in [-0.39, 0.29) is 0 Å². The smallest absolute Gasteiger partial charge is 0.103 e. The van der Waals surface area contributed by atoms with Crippen LogP contribution in [0, 0.1) is 11.3 Å². The highest BCUT2D eigenvalue weighted by molar-refractivity contribution is 7.99. The van der Waals surface area contributed by atoms with E-state index in [4.69, 9.17) is 0 Å². The highest BCUT2D eigenvalue weighted by atomic mass is 32.2. The quantitative estimate of drug-likeness (QED) is 0.797. The summed E-state index contributed by atoms with van der Waals surface area (Å²) in [6.45, 7) is 3.22. The minimum absolute atomic E-state index is 0.455. The van der Waals surface area contributed by atoms with E-state index in [9.17, 15) is 5.26 Å². The predicted molar refractivity (Wildman–Crippen MR) is 80.6 cm³/mol. The molecule has 0 spiro atoms. The van der Waals surface area contributed by atoms with Crippen molar-refractivity contribution in [2.75, 3.05) is 23.0 Å². The van der Waals surface area contributed by atoms with Gasteiger partial charge < -0.3 is 4.90 Å². The number of nitriles is 1. The number of rotatable bonds is 1. The zero-order valence-corrected chi connectivity index (χ0v) is 11.7. The number of anilines is 1. The number of para-hydroxylation sites is 1. The van der Waals surface area contributed by atoms with Crippen molar-refractivity contribution < 1.29 is 0 Å². The zero-order chi connectivity index (χ0) is 13.2. The average Bonchev–Trinajstić information content (AvgIpc) is 2.47. The second-order valence-corrected chi connectivity index (χ2v) is 5.92. The van der Waals surface area contributed by atoms with Crippen LogP contribution in [-0.2, 0) is 0 Å². The van der Waals surface area contributed by atoms with Crippen molar-refractivity contribution >= 4 is 28.4 Å². The Morgan fingerprint density at radius 3 is 3.05 bits per heavy atom. The second kappa shape index (κ2) is 5.10. The largest absolute Gasteiger partial charge is 0.366 e. The Morgan fingerprint density at radius 2 is 2.26 bits per heavy atom. The van der Waals surface area contributed by atoms with Gasteiger partial charge in [-0.05, 0) is 13.0 Å². The van der Waals surface area contributed by atoms with Crippen molar-refractivity contribution in [2.24, 2.45) is 0 Å². The molecule has 1 atom stereocenters. The second-order valence-electron chi connectivity index (χ2n) is 4.77. The summed E-state index contributed by atoms with van der Waals surface area (Å²) in [6, 6.07) is 10.8. The van der Waals surface area contributed by atoms with Crippen LogP contribution in [0.25, 0.3) is 10.9 Å². The van der Waals surface area contributed by atoms with Gasteiger partial charge in [0.2, 0.25) is 0 Å². The van der Waals surface area contributed by atoms with Crippen molar-refractivity contribution in [2.45, 2.75) is 13.0 Å². The van der Waals surface area contributed by atoms with Crippen LogP contribution in [0.3, 0.4) is 0 Å². The van der Waals surface area contributed by atoms with Crippen LogP contribution in [-0.4, -0.2) is 29.1 Å². The van der Waals surface area contributed by atoms with E-state index in [0.29, 0.717) is 11.6 Å². The third-order valence-corrected chi connectivity index (χ3v) is 4.71. The van der Waals surface area contributed by atoms with Crippen LogP contribution < -0.4 is 4.90 Å². The van der Waals surface area contributed by atoms with Gasteiger partial charge in [-0.2, -0.15) is 17.0 Å². The average molecular weight is 269 g/mol. The molecule has 0 saturated carbocycles. The molecule has 1 aromatic carbocycles. The molecule has 96 valence electrons. The molecule has 3 rings (SSSR count). The van der Waals surface area contributed by atoms with Gasteiger partial charge in [0.15, 0.2) is 0 Å². The molecule has 1 aromatic heterocycles.